The van der Waals surface area contributed by atoms with Crippen LogP contribution in [0.3, 0.4) is 0 Å². The van der Waals surface area contributed by atoms with E-state index in [0.717, 1.165) is 16.5 Å². The molecule has 1 aromatic carbocycles. The van der Waals surface area contributed by atoms with E-state index in [0.29, 0.717) is 12.8 Å². The molecule has 1 aromatic heterocycles. The molecule has 2 heterocycles. The first kappa shape index (κ1) is 16.4. The van der Waals surface area contributed by atoms with Gasteiger partial charge in [-0.05, 0) is 39.7 Å². The van der Waals surface area contributed by atoms with Gasteiger partial charge in [-0.15, -0.1) is 0 Å². The second-order valence-corrected chi connectivity index (χ2v) is 7.12. The molecule has 1 aliphatic rings. The van der Waals surface area contributed by atoms with E-state index < -0.39 is 23.7 Å². The summed E-state index contributed by atoms with van der Waals surface area (Å²) in [6.45, 7) is 5.33. The number of amides is 1. The van der Waals surface area contributed by atoms with Crippen LogP contribution in [0.2, 0.25) is 0 Å². The summed E-state index contributed by atoms with van der Waals surface area (Å²) >= 11 is 0. The number of carbonyl (C=O) groups excluding carboxylic acids is 1. The maximum Gasteiger partial charge on any atom is 0.411 e. The Kier molecular flexibility index (Phi) is 3.99. The first-order valence-electron chi connectivity index (χ1n) is 8.08. The Morgan fingerprint density at radius 3 is 2.62 bits per heavy atom. The van der Waals surface area contributed by atoms with Crippen molar-refractivity contribution in [1.82, 2.24) is 9.88 Å². The van der Waals surface area contributed by atoms with Crippen molar-refractivity contribution < 1.29 is 19.4 Å². The van der Waals surface area contributed by atoms with Crippen LogP contribution in [-0.2, 0) is 9.53 Å². The lowest BCUT2D eigenvalue weighted by Gasteiger charge is -2.31. The van der Waals surface area contributed by atoms with Crippen LogP contribution < -0.4 is 0 Å². The molecular weight excluding hydrogens is 308 g/mol. The molecule has 0 unspecified atom stereocenters. The lowest BCUT2D eigenvalue weighted by Crippen LogP contribution is -2.44. The number of ether oxygens (including phenoxy) is 1. The van der Waals surface area contributed by atoms with Gasteiger partial charge in [-0.25, -0.2) is 9.59 Å². The number of para-hydroxylation sites is 1. The van der Waals surface area contributed by atoms with Gasteiger partial charge in [0.05, 0.1) is 6.04 Å². The third-order valence-corrected chi connectivity index (χ3v) is 4.25. The normalized spacial score (nSPS) is 21.2. The minimum atomic E-state index is -0.997. The molecule has 24 heavy (non-hydrogen) atoms. The molecule has 6 nitrogen and oxygen atoms in total. The highest BCUT2D eigenvalue weighted by Gasteiger charge is 2.44. The molecule has 0 bridgehead atoms. The van der Waals surface area contributed by atoms with Crippen LogP contribution in [0.5, 0.6) is 0 Å². The zero-order chi connectivity index (χ0) is 17.5. The number of H-pyrrole nitrogens is 1. The largest absolute Gasteiger partial charge is 0.480 e. The van der Waals surface area contributed by atoms with Crippen LogP contribution in [0.25, 0.3) is 10.9 Å². The zero-order valence-electron chi connectivity index (χ0n) is 14.1. The minimum Gasteiger partial charge on any atom is -0.480 e. The predicted molar refractivity (Wildman–Crippen MR) is 89.8 cm³/mol. The van der Waals surface area contributed by atoms with Crippen molar-refractivity contribution in [1.29, 1.82) is 0 Å². The summed E-state index contributed by atoms with van der Waals surface area (Å²) in [4.78, 5) is 28.8. The molecule has 2 atom stereocenters. The summed E-state index contributed by atoms with van der Waals surface area (Å²) in [6, 6.07) is 6.63. The third kappa shape index (κ3) is 2.96. The number of fused-ring (bicyclic) bond motifs is 1. The van der Waals surface area contributed by atoms with Gasteiger partial charge in [0, 0.05) is 22.7 Å². The third-order valence-electron chi connectivity index (χ3n) is 4.25. The Balaban J connectivity index is 1.99. The molecule has 0 spiro atoms. The highest BCUT2D eigenvalue weighted by atomic mass is 16.6. The molecule has 128 valence electrons. The number of aromatic nitrogens is 1. The van der Waals surface area contributed by atoms with Gasteiger partial charge in [0.25, 0.3) is 0 Å². The summed E-state index contributed by atoms with van der Waals surface area (Å²) in [5.74, 6) is -0.997. The second kappa shape index (κ2) is 5.85. The average molecular weight is 330 g/mol. The fourth-order valence-corrected chi connectivity index (χ4v) is 3.30. The number of carboxylic acid groups (broad SMARTS) is 1. The number of hydrogen-bond donors (Lipinski definition) is 2. The number of carboxylic acids is 1. The Morgan fingerprint density at radius 2 is 1.96 bits per heavy atom. The summed E-state index contributed by atoms with van der Waals surface area (Å²) in [6.07, 6.45) is 2.29. The first-order chi connectivity index (χ1) is 11.3. The van der Waals surface area contributed by atoms with Crippen molar-refractivity contribution in [3.63, 3.8) is 0 Å². The zero-order valence-corrected chi connectivity index (χ0v) is 14.1. The SMILES string of the molecule is CC(C)(C)OC(=O)N1[C@@H](c2c[nH]c3ccccc23)CC[C@H]1C(=O)O. The van der Waals surface area contributed by atoms with Crippen LogP contribution in [0.1, 0.15) is 45.2 Å². The van der Waals surface area contributed by atoms with E-state index in [1.165, 1.54) is 4.90 Å². The minimum absolute atomic E-state index is 0.308. The van der Waals surface area contributed by atoms with E-state index in [1.54, 1.807) is 20.8 Å². The molecule has 0 saturated carbocycles. The summed E-state index contributed by atoms with van der Waals surface area (Å²) in [5, 5.41) is 10.5. The number of aliphatic carboxylic acids is 1. The summed E-state index contributed by atoms with van der Waals surface area (Å²) < 4.78 is 5.46. The molecule has 2 aromatic rings. The van der Waals surface area contributed by atoms with E-state index in [9.17, 15) is 14.7 Å². The van der Waals surface area contributed by atoms with Crippen molar-refractivity contribution in [2.75, 3.05) is 0 Å². The van der Waals surface area contributed by atoms with Gasteiger partial charge >= 0.3 is 12.1 Å². The van der Waals surface area contributed by atoms with Crippen molar-refractivity contribution >= 4 is 23.0 Å². The predicted octanol–water partition coefficient (Wildman–Crippen LogP) is 3.69. The fraction of sp³-hybridized carbons (Fsp3) is 0.444. The van der Waals surface area contributed by atoms with Crippen LogP contribution in [0, 0.1) is 0 Å². The van der Waals surface area contributed by atoms with Gasteiger partial charge in [-0.1, -0.05) is 18.2 Å². The van der Waals surface area contributed by atoms with Crippen molar-refractivity contribution in [2.24, 2.45) is 0 Å². The Labute approximate surface area is 140 Å². The van der Waals surface area contributed by atoms with E-state index in [2.05, 4.69) is 4.98 Å². The van der Waals surface area contributed by atoms with Gasteiger partial charge in [-0.2, -0.15) is 0 Å². The topological polar surface area (TPSA) is 82.6 Å². The number of hydrogen-bond acceptors (Lipinski definition) is 3. The maximum absolute atomic E-state index is 12.6. The smallest absolute Gasteiger partial charge is 0.411 e. The molecule has 1 saturated heterocycles. The number of rotatable bonds is 2. The standard InChI is InChI=1S/C18H22N2O4/c1-18(2,3)24-17(23)20-14(8-9-15(20)16(21)22)12-10-19-13-7-5-4-6-11(12)13/h4-7,10,14-15,19H,8-9H2,1-3H3,(H,21,22)/t14-,15+/m1/s1. The number of aromatic amines is 1. The number of likely N-dealkylation sites (tertiary alicyclic amines) is 1. The molecule has 1 fully saturated rings. The Hall–Kier alpha value is -2.50. The van der Waals surface area contributed by atoms with Crippen molar-refractivity contribution in [3.8, 4) is 0 Å². The quantitative estimate of drug-likeness (QED) is 0.879. The number of nitrogens with zero attached hydrogens (tertiary/aromatic N) is 1. The van der Waals surface area contributed by atoms with Gasteiger partial charge in [-0.3, -0.25) is 4.90 Å². The monoisotopic (exact) mass is 330 g/mol. The van der Waals surface area contributed by atoms with Gasteiger partial charge < -0.3 is 14.8 Å². The number of carbonyl (C=O) groups is 2. The van der Waals surface area contributed by atoms with Crippen LogP contribution in [-0.4, -0.2) is 38.7 Å². The lowest BCUT2D eigenvalue weighted by molar-refractivity contribution is -0.142. The molecule has 6 heteroatoms. The molecule has 0 aliphatic carbocycles. The van der Waals surface area contributed by atoms with Crippen LogP contribution in [0.4, 0.5) is 4.79 Å². The van der Waals surface area contributed by atoms with E-state index in [4.69, 9.17) is 4.74 Å². The molecule has 1 aliphatic heterocycles. The van der Waals surface area contributed by atoms with E-state index in [1.807, 2.05) is 30.5 Å². The number of nitrogens with one attached hydrogen (secondary N) is 1. The van der Waals surface area contributed by atoms with Crippen molar-refractivity contribution in [3.05, 3.63) is 36.0 Å². The average Bonchev–Trinajstić information content (AvgIpc) is 3.09. The summed E-state index contributed by atoms with van der Waals surface area (Å²) in [5.41, 5.74) is 1.23. The molecule has 0 radical (unpaired) electrons. The van der Waals surface area contributed by atoms with Gasteiger partial charge in [0.2, 0.25) is 0 Å². The Bertz CT molecular complexity index is 775. The van der Waals surface area contributed by atoms with Gasteiger partial charge in [0.1, 0.15) is 11.6 Å². The highest BCUT2D eigenvalue weighted by Crippen LogP contribution is 2.40. The fourth-order valence-electron chi connectivity index (χ4n) is 3.30. The van der Waals surface area contributed by atoms with Gasteiger partial charge in [0.15, 0.2) is 0 Å². The van der Waals surface area contributed by atoms with E-state index >= 15 is 0 Å². The molecule has 3 rings (SSSR count). The maximum atomic E-state index is 12.6. The second-order valence-electron chi connectivity index (χ2n) is 7.12. The first-order valence-corrected chi connectivity index (χ1v) is 8.08. The molecular formula is C18H22N2O4. The van der Waals surface area contributed by atoms with Crippen LogP contribution >= 0.6 is 0 Å². The lowest BCUT2D eigenvalue weighted by atomic mass is 10.0. The molecule has 2 N–H and O–H groups in total. The van der Waals surface area contributed by atoms with Crippen LogP contribution in [0.15, 0.2) is 30.5 Å². The summed E-state index contributed by atoms with van der Waals surface area (Å²) in [7, 11) is 0. The van der Waals surface area contributed by atoms with Crippen molar-refractivity contribution in [2.45, 2.75) is 51.3 Å². The number of benzene rings is 1. The van der Waals surface area contributed by atoms with E-state index in [-0.39, 0.29) is 6.04 Å². The Morgan fingerprint density at radius 1 is 1.25 bits per heavy atom. The highest BCUT2D eigenvalue weighted by molar-refractivity contribution is 5.86. The molecule has 1 amide bonds.